The molecule has 2 heterocycles. The van der Waals surface area contributed by atoms with E-state index in [4.69, 9.17) is 4.74 Å². The molecule has 0 saturated carbocycles. The fraction of sp³-hybridized carbons (Fsp3) is 0.333. The highest BCUT2D eigenvalue weighted by Crippen LogP contribution is 2.45. The number of fused-ring (bicyclic) bond motifs is 1. The van der Waals surface area contributed by atoms with Gasteiger partial charge in [-0.2, -0.15) is 0 Å². The summed E-state index contributed by atoms with van der Waals surface area (Å²) in [4.78, 5) is 53.6. The average molecular weight is 459 g/mol. The van der Waals surface area contributed by atoms with Gasteiger partial charge in [0.2, 0.25) is 23.6 Å². The number of ether oxygens (including phenoxy) is 1. The van der Waals surface area contributed by atoms with Gasteiger partial charge in [-0.15, -0.1) is 0 Å². The molecule has 7 heteroatoms. The highest BCUT2D eigenvalue weighted by Gasteiger charge is 2.53. The van der Waals surface area contributed by atoms with Gasteiger partial charge in [0, 0.05) is 13.5 Å². The van der Waals surface area contributed by atoms with E-state index in [-0.39, 0.29) is 36.0 Å². The minimum atomic E-state index is -0.530. The Morgan fingerprint density at radius 3 is 2.00 bits per heavy atom. The summed E-state index contributed by atoms with van der Waals surface area (Å²) in [7, 11) is 1.49. The molecular weight excluding hydrogens is 432 g/mol. The van der Waals surface area contributed by atoms with Crippen LogP contribution in [0.3, 0.4) is 0 Å². The quantitative estimate of drug-likeness (QED) is 0.513. The molecule has 4 unspecified atom stereocenters. The fourth-order valence-corrected chi connectivity index (χ4v) is 5.34. The zero-order valence-corrected chi connectivity index (χ0v) is 19.4. The summed E-state index contributed by atoms with van der Waals surface area (Å²) >= 11 is 0. The maximum atomic E-state index is 13.4. The highest BCUT2D eigenvalue weighted by molar-refractivity contribution is 6.23. The minimum Gasteiger partial charge on any atom is -0.457 e. The van der Waals surface area contributed by atoms with Crippen LogP contribution in [0.15, 0.2) is 60.2 Å². The summed E-state index contributed by atoms with van der Waals surface area (Å²) in [6.45, 7) is 3.84. The molecule has 7 nitrogen and oxygen atoms in total. The topological polar surface area (TPSA) is 84.0 Å². The van der Waals surface area contributed by atoms with E-state index in [1.807, 2.05) is 44.2 Å². The van der Waals surface area contributed by atoms with Crippen LogP contribution in [-0.4, -0.2) is 35.6 Å². The summed E-state index contributed by atoms with van der Waals surface area (Å²) in [5.41, 5.74) is 2.42. The predicted octanol–water partition coefficient (Wildman–Crippen LogP) is 3.86. The molecule has 0 N–H and O–H groups in total. The van der Waals surface area contributed by atoms with Crippen molar-refractivity contribution in [2.24, 2.45) is 23.7 Å². The third-order valence-corrected chi connectivity index (χ3v) is 7.20. The van der Waals surface area contributed by atoms with Crippen LogP contribution in [0.4, 0.5) is 5.69 Å². The first-order valence-electron chi connectivity index (χ1n) is 11.5. The molecule has 174 valence electrons. The molecule has 0 bridgehead atoms. The first kappa shape index (κ1) is 22.1. The molecule has 2 fully saturated rings. The zero-order valence-electron chi connectivity index (χ0n) is 19.4. The lowest BCUT2D eigenvalue weighted by atomic mass is 9.71. The summed E-state index contributed by atoms with van der Waals surface area (Å²) in [5.74, 6) is -1.37. The van der Waals surface area contributed by atoms with Crippen molar-refractivity contribution in [3.8, 4) is 11.5 Å². The number of anilines is 1. The van der Waals surface area contributed by atoms with Crippen molar-refractivity contribution >= 4 is 29.3 Å². The Morgan fingerprint density at radius 2 is 1.41 bits per heavy atom. The molecule has 2 aromatic carbocycles. The Morgan fingerprint density at radius 1 is 0.794 bits per heavy atom. The molecular formula is C27H26N2O5. The number of imide groups is 2. The van der Waals surface area contributed by atoms with Gasteiger partial charge in [0.1, 0.15) is 11.5 Å². The smallest absolute Gasteiger partial charge is 0.241 e. The number of rotatable bonds is 4. The molecule has 5 rings (SSSR count). The van der Waals surface area contributed by atoms with Crippen LogP contribution >= 0.6 is 0 Å². The van der Waals surface area contributed by atoms with Gasteiger partial charge in [-0.1, -0.05) is 29.3 Å². The van der Waals surface area contributed by atoms with Gasteiger partial charge >= 0.3 is 0 Å². The number of carbonyl (C=O) groups excluding carboxylic acids is 4. The second-order valence-corrected chi connectivity index (χ2v) is 9.42. The van der Waals surface area contributed by atoms with Crippen LogP contribution in [0.25, 0.3) is 0 Å². The maximum absolute atomic E-state index is 13.4. The predicted molar refractivity (Wildman–Crippen MR) is 125 cm³/mol. The normalized spacial score (nSPS) is 26.7. The molecule has 3 aliphatic rings. The largest absolute Gasteiger partial charge is 0.457 e. The number of likely N-dealkylation sites (tertiary alicyclic amines) is 1. The summed E-state index contributed by atoms with van der Waals surface area (Å²) < 4.78 is 5.85. The molecule has 2 aliphatic heterocycles. The lowest BCUT2D eigenvalue weighted by Crippen LogP contribution is -2.33. The first-order valence-corrected chi connectivity index (χ1v) is 11.5. The van der Waals surface area contributed by atoms with E-state index in [2.05, 4.69) is 0 Å². The van der Waals surface area contributed by atoms with E-state index in [1.165, 1.54) is 11.9 Å². The van der Waals surface area contributed by atoms with Crippen molar-refractivity contribution in [3.63, 3.8) is 0 Å². The molecule has 4 amide bonds. The molecule has 34 heavy (non-hydrogen) atoms. The van der Waals surface area contributed by atoms with E-state index in [1.54, 1.807) is 24.3 Å². The van der Waals surface area contributed by atoms with Crippen molar-refractivity contribution in [3.05, 3.63) is 65.7 Å². The van der Waals surface area contributed by atoms with Gasteiger partial charge in [-0.05, 0) is 62.6 Å². The van der Waals surface area contributed by atoms with Crippen LogP contribution < -0.4 is 9.64 Å². The van der Waals surface area contributed by atoms with Crippen LogP contribution in [0, 0.1) is 30.6 Å². The number of amides is 4. The van der Waals surface area contributed by atoms with Crippen LogP contribution in [0.2, 0.25) is 0 Å². The Bertz CT molecular complexity index is 1210. The second-order valence-electron chi connectivity index (χ2n) is 9.42. The number of aryl methyl sites for hydroxylation is 1. The number of hydrogen-bond acceptors (Lipinski definition) is 5. The molecule has 0 spiro atoms. The Balaban J connectivity index is 1.35. The van der Waals surface area contributed by atoms with E-state index in [0.717, 1.165) is 16.0 Å². The lowest BCUT2D eigenvalue weighted by molar-refractivity contribution is -0.138. The standard InChI is InChI=1S/C27H26N2O5/c1-15-4-8-19(9-5-15)34-20-10-6-18(7-11-20)29-26(32)22-13-17(12-16(2)24(22)27(29)33)21-14-23(30)28(3)25(21)31/h4-12,17,21-22,24H,13-14H2,1-3H3. The molecule has 0 radical (unpaired) electrons. The third kappa shape index (κ3) is 3.61. The van der Waals surface area contributed by atoms with E-state index in [9.17, 15) is 19.2 Å². The first-order chi connectivity index (χ1) is 16.2. The lowest BCUT2D eigenvalue weighted by Gasteiger charge is -2.29. The average Bonchev–Trinajstić information content (AvgIpc) is 3.23. The highest BCUT2D eigenvalue weighted by atomic mass is 16.5. The number of benzene rings is 2. The number of nitrogens with zero attached hydrogens (tertiary/aromatic N) is 2. The summed E-state index contributed by atoms with van der Waals surface area (Å²) in [6, 6.07) is 14.6. The van der Waals surface area contributed by atoms with Crippen LogP contribution in [0.1, 0.15) is 25.3 Å². The van der Waals surface area contributed by atoms with Gasteiger partial charge in [-0.25, -0.2) is 4.90 Å². The monoisotopic (exact) mass is 458 g/mol. The minimum absolute atomic E-state index is 0.148. The zero-order chi connectivity index (χ0) is 24.1. The van der Waals surface area contributed by atoms with Crippen molar-refractivity contribution in [2.75, 3.05) is 11.9 Å². The van der Waals surface area contributed by atoms with Gasteiger partial charge < -0.3 is 4.74 Å². The third-order valence-electron chi connectivity index (χ3n) is 7.20. The number of hydrogen-bond donors (Lipinski definition) is 0. The molecule has 0 aromatic heterocycles. The molecule has 2 aromatic rings. The second kappa shape index (κ2) is 8.24. The Hall–Kier alpha value is -3.74. The van der Waals surface area contributed by atoms with Crippen LogP contribution in [-0.2, 0) is 19.2 Å². The van der Waals surface area contributed by atoms with E-state index < -0.39 is 17.8 Å². The maximum Gasteiger partial charge on any atom is 0.241 e. The van der Waals surface area contributed by atoms with Gasteiger partial charge in [0.25, 0.3) is 0 Å². The van der Waals surface area contributed by atoms with Crippen LogP contribution in [0.5, 0.6) is 11.5 Å². The van der Waals surface area contributed by atoms with Gasteiger partial charge in [0.05, 0.1) is 23.4 Å². The number of carbonyl (C=O) groups is 4. The summed E-state index contributed by atoms with van der Waals surface area (Å²) in [6.07, 6.45) is 2.45. The van der Waals surface area contributed by atoms with Gasteiger partial charge in [0.15, 0.2) is 0 Å². The fourth-order valence-electron chi connectivity index (χ4n) is 5.34. The summed E-state index contributed by atoms with van der Waals surface area (Å²) in [5, 5.41) is 0. The van der Waals surface area contributed by atoms with Crippen molar-refractivity contribution < 1.29 is 23.9 Å². The van der Waals surface area contributed by atoms with Crippen molar-refractivity contribution in [1.29, 1.82) is 0 Å². The molecule has 1 aliphatic carbocycles. The Kier molecular flexibility index (Phi) is 5.35. The van der Waals surface area contributed by atoms with Gasteiger partial charge in [-0.3, -0.25) is 24.1 Å². The van der Waals surface area contributed by atoms with Crippen molar-refractivity contribution in [2.45, 2.75) is 26.7 Å². The molecule has 4 atom stereocenters. The molecule has 2 saturated heterocycles. The van der Waals surface area contributed by atoms with Crippen molar-refractivity contribution in [1.82, 2.24) is 4.90 Å². The van der Waals surface area contributed by atoms with E-state index >= 15 is 0 Å². The van der Waals surface area contributed by atoms with E-state index in [0.29, 0.717) is 23.6 Å². The number of allylic oxidation sites excluding steroid dienone is 1. The Labute approximate surface area is 198 Å². The SMILES string of the molecule is CC1=CC(C2CC(=O)N(C)C2=O)CC2C(=O)N(c3ccc(Oc4ccc(C)cc4)cc3)C(=O)C12.